The molecule has 0 aliphatic heterocycles. The maximum absolute atomic E-state index is 5.97. The summed E-state index contributed by atoms with van der Waals surface area (Å²) in [5.41, 5.74) is 2.55. The van der Waals surface area contributed by atoms with E-state index in [1.807, 2.05) is 6.07 Å². The fourth-order valence-electron chi connectivity index (χ4n) is 2.45. The van der Waals surface area contributed by atoms with Gasteiger partial charge in [0.15, 0.2) is 0 Å². The molecule has 0 aliphatic carbocycles. The molecule has 0 bridgehead atoms. The van der Waals surface area contributed by atoms with Crippen molar-refractivity contribution in [2.45, 2.75) is 39.0 Å². The topological polar surface area (TPSA) is 13.1 Å². The van der Waals surface area contributed by atoms with Crippen LogP contribution < -0.4 is 0 Å². The van der Waals surface area contributed by atoms with Gasteiger partial charge in [0, 0.05) is 22.7 Å². The van der Waals surface area contributed by atoms with Gasteiger partial charge in [0.05, 0.1) is 0 Å². The van der Waals surface area contributed by atoms with Gasteiger partial charge in [-0.15, -0.1) is 0 Å². The van der Waals surface area contributed by atoms with Crippen LogP contribution in [0.5, 0.6) is 0 Å². The number of fused-ring (bicyclic) bond motifs is 1. The summed E-state index contributed by atoms with van der Waals surface area (Å²) in [5, 5.41) is 2.29. The smallest absolute Gasteiger partial charge is 0.134 e. The van der Waals surface area contributed by atoms with E-state index >= 15 is 0 Å². The molecule has 0 fully saturated rings. The Hall–Kier alpha value is -0.760. The Kier molecular flexibility index (Phi) is 3.62. The molecule has 1 nitrogen and oxygen atoms in total. The summed E-state index contributed by atoms with van der Waals surface area (Å²) in [6, 6.07) is 8.35. The fraction of sp³-hybridized carbons (Fsp3) is 0.467. The number of alkyl halides is 1. The van der Waals surface area contributed by atoms with Gasteiger partial charge in [-0.3, -0.25) is 0 Å². The van der Waals surface area contributed by atoms with Crippen LogP contribution in [0.1, 0.15) is 38.5 Å². The molecule has 0 saturated carbocycles. The molecule has 2 aromatic rings. The minimum absolute atomic E-state index is 0.154. The van der Waals surface area contributed by atoms with Gasteiger partial charge in [0.2, 0.25) is 0 Å². The molecular weight excluding hydrogens is 276 g/mol. The highest BCUT2D eigenvalue weighted by Gasteiger charge is 2.27. The van der Waals surface area contributed by atoms with Crippen molar-refractivity contribution in [3.8, 4) is 0 Å². The summed E-state index contributed by atoms with van der Waals surface area (Å²) in [7, 11) is 0. The van der Waals surface area contributed by atoms with Gasteiger partial charge in [0.1, 0.15) is 11.3 Å². The van der Waals surface area contributed by atoms with E-state index in [1.165, 1.54) is 10.9 Å². The Morgan fingerprint density at radius 3 is 2.59 bits per heavy atom. The van der Waals surface area contributed by atoms with Gasteiger partial charge in [-0.2, -0.15) is 0 Å². The summed E-state index contributed by atoms with van der Waals surface area (Å²) in [6.07, 6.45) is 2.07. The maximum Gasteiger partial charge on any atom is 0.134 e. The van der Waals surface area contributed by atoms with Crippen LogP contribution in [0, 0.1) is 0 Å². The van der Waals surface area contributed by atoms with Crippen molar-refractivity contribution >= 4 is 26.9 Å². The van der Waals surface area contributed by atoms with Crippen LogP contribution in [0.3, 0.4) is 0 Å². The van der Waals surface area contributed by atoms with Crippen molar-refractivity contribution in [1.82, 2.24) is 0 Å². The second kappa shape index (κ2) is 4.85. The first-order valence-corrected chi connectivity index (χ1v) is 7.29. The van der Waals surface area contributed by atoms with Crippen molar-refractivity contribution in [3.63, 3.8) is 0 Å². The van der Waals surface area contributed by atoms with E-state index in [-0.39, 0.29) is 5.41 Å². The molecule has 1 heterocycles. The molecule has 0 unspecified atom stereocenters. The Morgan fingerprint density at radius 1 is 1.24 bits per heavy atom. The molecule has 0 amide bonds. The van der Waals surface area contributed by atoms with Gasteiger partial charge in [0.25, 0.3) is 0 Å². The zero-order valence-corrected chi connectivity index (χ0v) is 12.3. The number of hydrogen-bond acceptors (Lipinski definition) is 1. The van der Waals surface area contributed by atoms with E-state index in [0.717, 1.165) is 29.5 Å². The fourth-order valence-corrected chi connectivity index (χ4v) is 3.44. The van der Waals surface area contributed by atoms with Gasteiger partial charge in [-0.05, 0) is 17.9 Å². The van der Waals surface area contributed by atoms with Crippen LogP contribution >= 0.6 is 15.9 Å². The predicted octanol–water partition coefficient (Wildman–Crippen LogP) is 5.06. The Bertz CT molecular complexity index is 511. The highest BCUT2D eigenvalue weighted by atomic mass is 79.9. The summed E-state index contributed by atoms with van der Waals surface area (Å²) >= 11 is 3.55. The van der Waals surface area contributed by atoms with Gasteiger partial charge >= 0.3 is 0 Å². The molecule has 0 aliphatic rings. The average Bonchev–Trinajstić information content (AvgIpc) is 2.67. The van der Waals surface area contributed by atoms with E-state index in [1.54, 1.807) is 0 Å². The number of rotatable bonds is 4. The van der Waals surface area contributed by atoms with Crippen LogP contribution in [-0.4, -0.2) is 5.33 Å². The molecule has 17 heavy (non-hydrogen) atoms. The molecule has 92 valence electrons. The SMILES string of the molecule is CCc1oc2ccccc2c1C(C)(C)CCBr. The molecule has 1 aromatic heterocycles. The first kappa shape index (κ1) is 12.7. The number of para-hydroxylation sites is 1. The van der Waals surface area contributed by atoms with Crippen molar-refractivity contribution in [1.29, 1.82) is 0 Å². The largest absolute Gasteiger partial charge is 0.461 e. The zero-order chi connectivity index (χ0) is 12.5. The highest BCUT2D eigenvalue weighted by Crippen LogP contribution is 2.38. The standard InChI is InChI=1S/C15H19BrO/c1-4-12-14(15(2,3)9-10-16)11-7-5-6-8-13(11)17-12/h5-8H,4,9-10H2,1-3H3. The number of halogens is 1. The lowest BCUT2D eigenvalue weighted by molar-refractivity contribution is 0.478. The molecule has 0 N–H and O–H groups in total. The minimum atomic E-state index is 0.154. The molecule has 0 radical (unpaired) electrons. The van der Waals surface area contributed by atoms with Gasteiger partial charge in [-0.25, -0.2) is 0 Å². The first-order valence-electron chi connectivity index (χ1n) is 6.17. The Morgan fingerprint density at radius 2 is 1.94 bits per heavy atom. The summed E-state index contributed by atoms with van der Waals surface area (Å²) < 4.78 is 5.97. The molecule has 2 heteroatoms. The monoisotopic (exact) mass is 294 g/mol. The van der Waals surface area contributed by atoms with E-state index in [0.29, 0.717) is 0 Å². The third kappa shape index (κ3) is 2.28. The maximum atomic E-state index is 5.97. The molecule has 2 rings (SSSR count). The van der Waals surface area contributed by atoms with E-state index in [4.69, 9.17) is 4.42 Å². The lowest BCUT2D eigenvalue weighted by Crippen LogP contribution is -2.18. The number of benzene rings is 1. The lowest BCUT2D eigenvalue weighted by Gasteiger charge is -2.24. The molecule has 1 aromatic carbocycles. The van der Waals surface area contributed by atoms with Crippen LogP contribution in [0.25, 0.3) is 11.0 Å². The minimum Gasteiger partial charge on any atom is -0.461 e. The predicted molar refractivity (Wildman–Crippen MR) is 77.0 cm³/mol. The summed E-state index contributed by atoms with van der Waals surface area (Å²) in [5.74, 6) is 1.14. The second-order valence-corrected chi connectivity index (χ2v) is 5.87. The van der Waals surface area contributed by atoms with E-state index in [2.05, 4.69) is 54.9 Å². The molecule has 0 atom stereocenters. The number of hydrogen-bond donors (Lipinski definition) is 0. The third-order valence-corrected chi connectivity index (χ3v) is 3.78. The van der Waals surface area contributed by atoms with Crippen LogP contribution in [-0.2, 0) is 11.8 Å². The Balaban J connectivity index is 2.65. The molecular formula is C15H19BrO. The van der Waals surface area contributed by atoms with E-state index < -0.39 is 0 Å². The third-order valence-electron chi connectivity index (χ3n) is 3.39. The first-order chi connectivity index (χ1) is 8.10. The summed E-state index contributed by atoms with van der Waals surface area (Å²) in [6.45, 7) is 6.75. The number of aryl methyl sites for hydroxylation is 1. The van der Waals surface area contributed by atoms with Crippen molar-refractivity contribution < 1.29 is 4.42 Å². The quantitative estimate of drug-likeness (QED) is 0.719. The number of furan rings is 1. The van der Waals surface area contributed by atoms with Crippen LogP contribution in [0.2, 0.25) is 0 Å². The second-order valence-electron chi connectivity index (χ2n) is 5.07. The van der Waals surface area contributed by atoms with Gasteiger partial charge in [-0.1, -0.05) is 54.9 Å². The van der Waals surface area contributed by atoms with E-state index in [9.17, 15) is 0 Å². The normalized spacial score (nSPS) is 12.2. The molecule has 0 spiro atoms. The van der Waals surface area contributed by atoms with Crippen molar-refractivity contribution in [2.24, 2.45) is 0 Å². The van der Waals surface area contributed by atoms with Crippen molar-refractivity contribution in [3.05, 3.63) is 35.6 Å². The Labute approximate surface area is 111 Å². The zero-order valence-electron chi connectivity index (χ0n) is 10.7. The lowest BCUT2D eigenvalue weighted by atomic mass is 9.80. The molecule has 0 saturated heterocycles. The van der Waals surface area contributed by atoms with Crippen LogP contribution in [0.4, 0.5) is 0 Å². The average molecular weight is 295 g/mol. The van der Waals surface area contributed by atoms with Crippen molar-refractivity contribution in [2.75, 3.05) is 5.33 Å². The van der Waals surface area contributed by atoms with Crippen LogP contribution in [0.15, 0.2) is 28.7 Å². The highest BCUT2D eigenvalue weighted by molar-refractivity contribution is 9.09. The van der Waals surface area contributed by atoms with Gasteiger partial charge < -0.3 is 4.42 Å². The summed E-state index contributed by atoms with van der Waals surface area (Å²) in [4.78, 5) is 0.